The van der Waals surface area contributed by atoms with Gasteiger partial charge in [-0.25, -0.2) is 0 Å². The standard InChI is InChI=1S/C14H9Cl2N3O2/c15-11-5-13(14(19(20)21)6-12(11)16)18-8-10-3-1-9(7-17)2-4-10/h1-6,18H,8H2. The number of hydrogen-bond acceptors (Lipinski definition) is 4. The maximum Gasteiger partial charge on any atom is 0.293 e. The van der Waals surface area contributed by atoms with Gasteiger partial charge < -0.3 is 5.32 Å². The van der Waals surface area contributed by atoms with Gasteiger partial charge >= 0.3 is 0 Å². The zero-order valence-electron chi connectivity index (χ0n) is 10.6. The molecule has 0 saturated carbocycles. The number of nitro groups is 1. The molecule has 2 aromatic rings. The minimum Gasteiger partial charge on any atom is -0.375 e. The van der Waals surface area contributed by atoms with Crippen molar-refractivity contribution in [1.29, 1.82) is 5.26 Å². The molecule has 0 heterocycles. The fourth-order valence-electron chi connectivity index (χ4n) is 1.72. The topological polar surface area (TPSA) is 79.0 Å². The number of nitrogens with one attached hydrogen (secondary N) is 1. The highest BCUT2D eigenvalue weighted by molar-refractivity contribution is 6.42. The van der Waals surface area contributed by atoms with E-state index in [1.165, 1.54) is 12.1 Å². The average molecular weight is 322 g/mol. The second-order valence-electron chi connectivity index (χ2n) is 4.20. The van der Waals surface area contributed by atoms with E-state index in [0.29, 0.717) is 17.8 Å². The van der Waals surface area contributed by atoms with Gasteiger partial charge in [0.25, 0.3) is 5.69 Å². The molecule has 0 amide bonds. The molecule has 0 fully saturated rings. The van der Waals surface area contributed by atoms with Gasteiger partial charge in [0.1, 0.15) is 5.69 Å². The summed E-state index contributed by atoms with van der Waals surface area (Å²) in [5, 5.41) is 23.1. The van der Waals surface area contributed by atoms with E-state index in [1.54, 1.807) is 24.3 Å². The molecule has 21 heavy (non-hydrogen) atoms. The summed E-state index contributed by atoms with van der Waals surface area (Å²) in [7, 11) is 0. The normalized spacial score (nSPS) is 9.95. The highest BCUT2D eigenvalue weighted by Gasteiger charge is 2.16. The van der Waals surface area contributed by atoms with Gasteiger partial charge in [-0.15, -0.1) is 0 Å². The van der Waals surface area contributed by atoms with Crippen LogP contribution in [0.15, 0.2) is 36.4 Å². The van der Waals surface area contributed by atoms with Crippen molar-refractivity contribution in [3.05, 3.63) is 67.7 Å². The Balaban J connectivity index is 2.21. The Bertz CT molecular complexity index is 724. The van der Waals surface area contributed by atoms with Crippen LogP contribution in [0.4, 0.5) is 11.4 Å². The van der Waals surface area contributed by atoms with Gasteiger partial charge in [0.15, 0.2) is 0 Å². The number of anilines is 1. The summed E-state index contributed by atoms with van der Waals surface area (Å²) >= 11 is 11.7. The molecule has 0 aliphatic rings. The second-order valence-corrected chi connectivity index (χ2v) is 5.02. The molecule has 1 N–H and O–H groups in total. The average Bonchev–Trinajstić information content (AvgIpc) is 2.48. The van der Waals surface area contributed by atoms with E-state index in [0.717, 1.165) is 5.56 Å². The number of benzene rings is 2. The van der Waals surface area contributed by atoms with Crippen LogP contribution >= 0.6 is 23.2 Å². The predicted molar refractivity (Wildman–Crippen MR) is 81.6 cm³/mol. The Hall–Kier alpha value is -2.29. The van der Waals surface area contributed by atoms with Crippen LogP contribution in [0.2, 0.25) is 10.0 Å². The maximum atomic E-state index is 11.0. The first kappa shape index (κ1) is 15.1. The molecule has 0 aliphatic heterocycles. The predicted octanol–water partition coefficient (Wildman–Crippen LogP) is 4.39. The van der Waals surface area contributed by atoms with Crippen LogP contribution in [0.1, 0.15) is 11.1 Å². The zero-order chi connectivity index (χ0) is 15.4. The summed E-state index contributed by atoms with van der Waals surface area (Å²) in [6.45, 7) is 0.366. The van der Waals surface area contributed by atoms with Gasteiger partial charge in [-0.1, -0.05) is 35.3 Å². The summed E-state index contributed by atoms with van der Waals surface area (Å²) in [4.78, 5) is 10.5. The van der Waals surface area contributed by atoms with Crippen LogP contribution in [0.25, 0.3) is 0 Å². The molecule has 0 saturated heterocycles. The van der Waals surface area contributed by atoms with Gasteiger partial charge in [-0.3, -0.25) is 10.1 Å². The van der Waals surface area contributed by atoms with Gasteiger partial charge in [-0.2, -0.15) is 5.26 Å². The van der Waals surface area contributed by atoms with E-state index in [9.17, 15) is 10.1 Å². The van der Waals surface area contributed by atoms with Crippen molar-refractivity contribution in [2.24, 2.45) is 0 Å². The zero-order valence-corrected chi connectivity index (χ0v) is 12.1. The smallest absolute Gasteiger partial charge is 0.293 e. The van der Waals surface area contributed by atoms with E-state index in [1.807, 2.05) is 6.07 Å². The minimum atomic E-state index is -0.524. The SMILES string of the molecule is N#Cc1ccc(CNc2cc(Cl)c(Cl)cc2[N+](=O)[O-])cc1. The van der Waals surface area contributed by atoms with Crippen molar-refractivity contribution in [2.45, 2.75) is 6.54 Å². The van der Waals surface area contributed by atoms with Gasteiger partial charge in [-0.05, 0) is 23.8 Å². The summed E-state index contributed by atoms with van der Waals surface area (Å²) in [6, 6.07) is 11.6. The molecule has 0 unspecified atom stereocenters. The Kier molecular flexibility index (Phi) is 4.63. The first-order chi connectivity index (χ1) is 10.0. The Morgan fingerprint density at radius 3 is 2.38 bits per heavy atom. The molecule has 2 aromatic carbocycles. The number of nitrogens with zero attached hydrogens (tertiary/aromatic N) is 2. The Morgan fingerprint density at radius 2 is 1.81 bits per heavy atom. The number of nitro benzene ring substituents is 1. The molecule has 0 aliphatic carbocycles. The number of nitriles is 1. The van der Waals surface area contributed by atoms with Crippen LogP contribution < -0.4 is 5.32 Å². The van der Waals surface area contributed by atoms with E-state index in [2.05, 4.69) is 5.32 Å². The van der Waals surface area contributed by atoms with E-state index >= 15 is 0 Å². The summed E-state index contributed by atoms with van der Waals surface area (Å²) in [6.07, 6.45) is 0. The summed E-state index contributed by atoms with van der Waals surface area (Å²) in [5.41, 5.74) is 1.59. The molecular formula is C14H9Cl2N3O2. The van der Waals surface area contributed by atoms with Crippen molar-refractivity contribution < 1.29 is 4.92 Å². The third kappa shape index (κ3) is 3.63. The Morgan fingerprint density at radius 1 is 1.19 bits per heavy atom. The quantitative estimate of drug-likeness (QED) is 0.669. The van der Waals surface area contributed by atoms with Crippen molar-refractivity contribution in [3.8, 4) is 6.07 Å². The monoisotopic (exact) mass is 321 g/mol. The first-order valence-electron chi connectivity index (χ1n) is 5.87. The maximum absolute atomic E-state index is 11.0. The van der Waals surface area contributed by atoms with E-state index in [-0.39, 0.29) is 15.7 Å². The minimum absolute atomic E-state index is 0.132. The number of rotatable bonds is 4. The molecule has 7 heteroatoms. The van der Waals surface area contributed by atoms with Gasteiger partial charge in [0.2, 0.25) is 0 Å². The number of hydrogen-bond donors (Lipinski definition) is 1. The van der Waals surface area contributed by atoms with Crippen molar-refractivity contribution >= 4 is 34.6 Å². The lowest BCUT2D eigenvalue weighted by Gasteiger charge is -2.08. The number of halogens is 2. The lowest BCUT2D eigenvalue weighted by Crippen LogP contribution is -2.03. The molecule has 106 valence electrons. The molecule has 0 atom stereocenters. The van der Waals surface area contributed by atoms with Gasteiger partial charge in [0.05, 0.1) is 26.6 Å². The van der Waals surface area contributed by atoms with Crippen LogP contribution in [-0.4, -0.2) is 4.92 Å². The highest BCUT2D eigenvalue weighted by Crippen LogP contribution is 2.34. The largest absolute Gasteiger partial charge is 0.375 e. The van der Waals surface area contributed by atoms with E-state index < -0.39 is 4.92 Å². The third-order valence-electron chi connectivity index (χ3n) is 2.80. The van der Waals surface area contributed by atoms with Crippen LogP contribution in [-0.2, 0) is 6.54 Å². The van der Waals surface area contributed by atoms with Gasteiger partial charge in [0, 0.05) is 12.6 Å². The van der Waals surface area contributed by atoms with Crippen molar-refractivity contribution in [1.82, 2.24) is 0 Å². The lowest BCUT2D eigenvalue weighted by atomic mass is 10.1. The molecule has 0 radical (unpaired) electrons. The van der Waals surface area contributed by atoms with Crippen LogP contribution in [0, 0.1) is 21.4 Å². The lowest BCUT2D eigenvalue weighted by molar-refractivity contribution is -0.383. The molecular weight excluding hydrogens is 313 g/mol. The summed E-state index contributed by atoms with van der Waals surface area (Å²) < 4.78 is 0. The van der Waals surface area contributed by atoms with Crippen LogP contribution in [0.3, 0.4) is 0 Å². The molecule has 2 rings (SSSR count). The Labute approximate surface area is 130 Å². The van der Waals surface area contributed by atoms with Crippen molar-refractivity contribution in [3.63, 3.8) is 0 Å². The second kappa shape index (κ2) is 6.44. The first-order valence-corrected chi connectivity index (χ1v) is 6.63. The van der Waals surface area contributed by atoms with Crippen LogP contribution in [0.5, 0.6) is 0 Å². The molecule has 0 bridgehead atoms. The summed E-state index contributed by atoms with van der Waals surface area (Å²) in [5.74, 6) is 0. The van der Waals surface area contributed by atoms with E-state index in [4.69, 9.17) is 28.5 Å². The molecule has 0 spiro atoms. The fourth-order valence-corrected chi connectivity index (χ4v) is 2.04. The third-order valence-corrected chi connectivity index (χ3v) is 3.52. The fraction of sp³-hybridized carbons (Fsp3) is 0.0714. The molecule has 0 aromatic heterocycles. The van der Waals surface area contributed by atoms with Crippen molar-refractivity contribution in [2.75, 3.05) is 5.32 Å². The molecule has 5 nitrogen and oxygen atoms in total. The highest BCUT2D eigenvalue weighted by atomic mass is 35.5.